The van der Waals surface area contributed by atoms with E-state index in [0.29, 0.717) is 11.8 Å². The Morgan fingerprint density at radius 3 is 2.54 bits per heavy atom. The Morgan fingerprint density at radius 2 is 1.92 bits per heavy atom. The van der Waals surface area contributed by atoms with Crippen LogP contribution in [0.5, 0.6) is 0 Å². The van der Waals surface area contributed by atoms with E-state index in [1.54, 1.807) is 0 Å². The molecule has 0 aromatic rings. The molecular weight excluding hydrogens is 304 g/mol. The van der Waals surface area contributed by atoms with E-state index in [4.69, 9.17) is 4.74 Å². The summed E-state index contributed by atoms with van der Waals surface area (Å²) in [4.78, 5) is 26.0. The molecule has 4 nitrogen and oxygen atoms in total. The Hall–Kier alpha value is -0.740. The SMILES string of the molecule is CC(C)[C@H]1CC[C@]23C[C@@H]4[C@H](C)C(=O)[C@H]5O[C@]54[C@@]2(C)C(=O)[C@H](O)[C@]13C. The van der Waals surface area contributed by atoms with E-state index in [9.17, 15) is 14.7 Å². The number of epoxide rings is 1. The second-order valence-corrected chi connectivity index (χ2v) is 9.94. The third-order valence-electron chi connectivity index (χ3n) is 9.61. The number of ether oxygens (including phenoxy) is 1. The van der Waals surface area contributed by atoms with Crippen LogP contribution in [0.2, 0.25) is 0 Å². The zero-order valence-electron chi connectivity index (χ0n) is 15.3. The number of ketones is 2. The van der Waals surface area contributed by atoms with Crippen LogP contribution in [-0.4, -0.2) is 34.5 Å². The highest BCUT2D eigenvalue weighted by atomic mass is 16.6. The van der Waals surface area contributed by atoms with Gasteiger partial charge in [-0.2, -0.15) is 0 Å². The number of carbonyl (C=O) groups excluding carboxylic acids is 2. The minimum Gasteiger partial charge on any atom is -0.385 e. The number of aliphatic hydroxyl groups is 1. The highest BCUT2D eigenvalue weighted by Gasteiger charge is 2.94. The van der Waals surface area contributed by atoms with E-state index in [2.05, 4.69) is 20.8 Å². The molecule has 0 bridgehead atoms. The van der Waals surface area contributed by atoms with Gasteiger partial charge in [0.15, 0.2) is 11.6 Å². The van der Waals surface area contributed by atoms with E-state index in [1.165, 1.54) is 0 Å². The second-order valence-electron chi connectivity index (χ2n) is 9.94. The predicted octanol–water partition coefficient (Wildman–Crippen LogP) is 2.37. The zero-order chi connectivity index (χ0) is 17.4. The predicted molar refractivity (Wildman–Crippen MR) is 87.1 cm³/mol. The largest absolute Gasteiger partial charge is 0.385 e. The molecule has 0 radical (unpaired) electrons. The fourth-order valence-electron chi connectivity index (χ4n) is 8.45. The van der Waals surface area contributed by atoms with Gasteiger partial charge in [0.1, 0.15) is 17.8 Å². The summed E-state index contributed by atoms with van der Waals surface area (Å²) < 4.78 is 6.04. The van der Waals surface area contributed by atoms with Crippen molar-refractivity contribution in [2.24, 2.45) is 39.9 Å². The summed E-state index contributed by atoms with van der Waals surface area (Å²) in [5.74, 6) is 1.02. The molecule has 132 valence electrons. The lowest BCUT2D eigenvalue weighted by molar-refractivity contribution is -0.138. The van der Waals surface area contributed by atoms with E-state index in [-0.39, 0.29) is 28.8 Å². The number of aliphatic hydroxyl groups excluding tert-OH is 1. The first-order chi connectivity index (χ1) is 11.1. The minimum atomic E-state index is -0.927. The van der Waals surface area contributed by atoms with Crippen LogP contribution in [-0.2, 0) is 14.3 Å². The third-order valence-corrected chi connectivity index (χ3v) is 9.61. The maximum atomic E-state index is 13.4. The Balaban J connectivity index is 1.74. The molecule has 5 rings (SSSR count). The number of hydrogen-bond donors (Lipinski definition) is 1. The average molecular weight is 332 g/mol. The number of Topliss-reactive ketones (excluding diaryl/α,β-unsaturated/α-hetero) is 2. The molecule has 4 saturated carbocycles. The Morgan fingerprint density at radius 1 is 1.25 bits per heavy atom. The van der Waals surface area contributed by atoms with Crippen molar-refractivity contribution in [2.45, 2.75) is 71.7 Å². The van der Waals surface area contributed by atoms with Crippen LogP contribution >= 0.6 is 0 Å². The van der Waals surface area contributed by atoms with Gasteiger partial charge in [0, 0.05) is 17.3 Å². The number of hydrogen-bond acceptors (Lipinski definition) is 4. The summed E-state index contributed by atoms with van der Waals surface area (Å²) in [6.07, 6.45) is 1.56. The lowest BCUT2D eigenvalue weighted by Crippen LogP contribution is -2.48. The van der Waals surface area contributed by atoms with Crippen LogP contribution in [0.15, 0.2) is 0 Å². The average Bonchev–Trinajstić information content (AvgIpc) is 3.05. The van der Waals surface area contributed by atoms with Gasteiger partial charge < -0.3 is 9.84 Å². The topological polar surface area (TPSA) is 66.9 Å². The van der Waals surface area contributed by atoms with E-state index >= 15 is 0 Å². The molecule has 1 heterocycles. The molecule has 5 aliphatic rings. The van der Waals surface area contributed by atoms with Crippen LogP contribution in [0.25, 0.3) is 0 Å². The molecule has 1 aliphatic heterocycles. The van der Waals surface area contributed by atoms with Crippen molar-refractivity contribution in [3.05, 3.63) is 0 Å². The Bertz CT molecular complexity index is 685. The second kappa shape index (κ2) is 3.83. The van der Waals surface area contributed by atoms with Crippen molar-refractivity contribution >= 4 is 11.6 Å². The van der Waals surface area contributed by atoms with Gasteiger partial charge in [-0.25, -0.2) is 0 Å². The van der Waals surface area contributed by atoms with Gasteiger partial charge in [0.2, 0.25) is 0 Å². The lowest BCUT2D eigenvalue weighted by atomic mass is 9.55. The minimum absolute atomic E-state index is 0.0205. The summed E-state index contributed by atoms with van der Waals surface area (Å²) in [7, 11) is 0. The van der Waals surface area contributed by atoms with Crippen molar-refractivity contribution in [1.82, 2.24) is 0 Å². The standard InChI is InChI=1S/C20H28O4/c1-9(2)11-6-7-19-8-12-10(3)13(21)16-20(12,24-16)18(19,5)15(23)14(22)17(11,19)4/h9-12,14,16,22H,6-8H2,1-5H3/t10-,11+,12+,14-,16+,17-,18-,19+,20-/m0/s1. The highest BCUT2D eigenvalue weighted by molar-refractivity contribution is 6.02. The molecular formula is C20H28O4. The summed E-state index contributed by atoms with van der Waals surface area (Å²) in [5, 5.41) is 11.1. The maximum Gasteiger partial charge on any atom is 0.171 e. The van der Waals surface area contributed by atoms with Gasteiger partial charge in [-0.3, -0.25) is 9.59 Å². The number of rotatable bonds is 1. The Kier molecular flexibility index (Phi) is 2.47. The molecule has 4 heteroatoms. The van der Waals surface area contributed by atoms with Crippen molar-refractivity contribution in [3.8, 4) is 0 Å². The van der Waals surface area contributed by atoms with Gasteiger partial charge in [0.05, 0.1) is 5.41 Å². The van der Waals surface area contributed by atoms with Gasteiger partial charge in [-0.05, 0) is 43.4 Å². The number of carbonyl (C=O) groups is 2. The molecule has 2 spiro atoms. The van der Waals surface area contributed by atoms with Crippen molar-refractivity contribution in [3.63, 3.8) is 0 Å². The first-order valence-corrected chi connectivity index (χ1v) is 9.55. The molecule has 5 fully saturated rings. The third kappa shape index (κ3) is 1.07. The normalized spacial score (nSPS) is 63.5. The quantitative estimate of drug-likeness (QED) is 0.749. The lowest BCUT2D eigenvalue weighted by Gasteiger charge is -2.46. The van der Waals surface area contributed by atoms with Crippen LogP contribution in [0.3, 0.4) is 0 Å². The molecule has 1 N–H and O–H groups in total. The molecule has 9 atom stereocenters. The molecule has 1 saturated heterocycles. The van der Waals surface area contributed by atoms with E-state index in [0.717, 1.165) is 19.3 Å². The first kappa shape index (κ1) is 15.5. The molecule has 4 aliphatic carbocycles. The van der Waals surface area contributed by atoms with Crippen molar-refractivity contribution < 1.29 is 19.4 Å². The molecule has 24 heavy (non-hydrogen) atoms. The summed E-state index contributed by atoms with van der Waals surface area (Å²) in [5.41, 5.74) is -1.95. The van der Waals surface area contributed by atoms with Crippen LogP contribution < -0.4 is 0 Å². The van der Waals surface area contributed by atoms with Crippen LogP contribution in [0.1, 0.15) is 53.9 Å². The monoisotopic (exact) mass is 332 g/mol. The van der Waals surface area contributed by atoms with Crippen LogP contribution in [0, 0.1) is 39.9 Å². The van der Waals surface area contributed by atoms with Crippen molar-refractivity contribution in [2.75, 3.05) is 0 Å². The first-order valence-electron chi connectivity index (χ1n) is 9.55. The van der Waals surface area contributed by atoms with E-state index < -0.39 is 28.6 Å². The maximum absolute atomic E-state index is 13.4. The highest BCUT2D eigenvalue weighted by Crippen LogP contribution is 2.86. The zero-order valence-corrected chi connectivity index (χ0v) is 15.3. The van der Waals surface area contributed by atoms with E-state index in [1.807, 2.05) is 13.8 Å². The van der Waals surface area contributed by atoms with Gasteiger partial charge in [-0.15, -0.1) is 0 Å². The fourth-order valence-corrected chi connectivity index (χ4v) is 8.45. The van der Waals surface area contributed by atoms with Crippen molar-refractivity contribution in [1.29, 1.82) is 0 Å². The summed E-state index contributed by atoms with van der Waals surface area (Å²) >= 11 is 0. The molecule has 0 unspecified atom stereocenters. The van der Waals surface area contributed by atoms with Gasteiger partial charge >= 0.3 is 0 Å². The van der Waals surface area contributed by atoms with Gasteiger partial charge in [0.25, 0.3) is 0 Å². The fraction of sp³-hybridized carbons (Fsp3) is 0.900. The Labute approximate surface area is 143 Å². The molecule has 0 amide bonds. The summed E-state index contributed by atoms with van der Waals surface area (Å²) in [6.45, 7) is 10.6. The molecule has 0 aromatic carbocycles. The molecule has 0 aromatic heterocycles. The summed E-state index contributed by atoms with van der Waals surface area (Å²) in [6, 6.07) is 0. The smallest absolute Gasteiger partial charge is 0.171 e. The van der Waals surface area contributed by atoms with Crippen LogP contribution in [0.4, 0.5) is 0 Å². The van der Waals surface area contributed by atoms with Gasteiger partial charge in [-0.1, -0.05) is 27.7 Å².